The molecule has 5 aromatic rings. The van der Waals surface area contributed by atoms with Gasteiger partial charge in [-0.1, -0.05) is 156 Å². The van der Waals surface area contributed by atoms with Gasteiger partial charge in [-0.15, -0.1) is 5.10 Å². The van der Waals surface area contributed by atoms with E-state index in [-0.39, 0.29) is 5.41 Å². The van der Waals surface area contributed by atoms with Crippen molar-refractivity contribution in [2.24, 2.45) is 0 Å². The van der Waals surface area contributed by atoms with Gasteiger partial charge in [0.25, 0.3) is 0 Å². The highest BCUT2D eigenvalue weighted by molar-refractivity contribution is 7.82. The summed E-state index contributed by atoms with van der Waals surface area (Å²) in [6.45, 7) is 15.6. The van der Waals surface area contributed by atoms with Crippen molar-refractivity contribution in [2.75, 3.05) is 16.1 Å². The highest BCUT2D eigenvalue weighted by Crippen LogP contribution is 2.33. The molecule has 0 saturated carbocycles. The molecule has 0 fully saturated rings. The van der Waals surface area contributed by atoms with Gasteiger partial charge in [-0.2, -0.15) is 13.0 Å². The van der Waals surface area contributed by atoms with Crippen molar-refractivity contribution >= 4 is 39.6 Å². The molecule has 0 aliphatic carbocycles. The number of H-pyrrole nitrogens is 1. The maximum absolute atomic E-state index is 13.8. The second kappa shape index (κ2) is 26.6. The molecule has 0 amide bonds. The van der Waals surface area contributed by atoms with Gasteiger partial charge in [0.15, 0.2) is 23.0 Å². The van der Waals surface area contributed by atoms with Crippen LogP contribution in [0.5, 0.6) is 17.2 Å². The Kier molecular flexibility index (Phi) is 21.0. The SMILES string of the molecule is CCCCCCCCOc1cc(CCCCCCCC)ccc1OS(=O)Nc1cc(NS(=O)Oc2ccc(CCCCCCCC)cc2C)cc(-c2nc3cc(C(C)(C)C)[nH]n3n2)c1. The Hall–Kier alpha value is -4.36. The molecule has 64 heavy (non-hydrogen) atoms. The van der Waals surface area contributed by atoms with Crippen molar-refractivity contribution < 1.29 is 21.5 Å². The lowest BCUT2D eigenvalue weighted by Crippen LogP contribution is -2.14. The monoisotopic (exact) mass is 917 g/mol. The topological polar surface area (TPSA) is 132 Å². The Labute approximate surface area is 389 Å². The molecule has 5 rings (SSSR count). The van der Waals surface area contributed by atoms with Gasteiger partial charge in [0, 0.05) is 22.7 Å². The van der Waals surface area contributed by atoms with Crippen LogP contribution in [0.15, 0.2) is 60.7 Å². The molecule has 352 valence electrons. The van der Waals surface area contributed by atoms with Crippen molar-refractivity contribution in [3.63, 3.8) is 0 Å². The average molecular weight is 917 g/mol. The van der Waals surface area contributed by atoms with E-state index in [0.717, 1.165) is 49.8 Å². The van der Waals surface area contributed by atoms with Crippen LogP contribution in [0.25, 0.3) is 17.0 Å². The van der Waals surface area contributed by atoms with Gasteiger partial charge in [-0.25, -0.2) is 4.98 Å². The van der Waals surface area contributed by atoms with Crippen molar-refractivity contribution in [3.05, 3.63) is 83.0 Å². The zero-order valence-electron chi connectivity index (χ0n) is 39.8. The van der Waals surface area contributed by atoms with Crippen LogP contribution in [0.3, 0.4) is 0 Å². The number of hydrogen-bond acceptors (Lipinski definition) is 7. The first-order valence-corrected chi connectivity index (χ1v) is 26.3. The molecule has 3 N–H and O–H groups in total. The number of aryl methyl sites for hydroxylation is 3. The summed E-state index contributed by atoms with van der Waals surface area (Å²) in [5.74, 6) is 1.96. The molecule has 2 unspecified atom stereocenters. The minimum absolute atomic E-state index is 0.114. The predicted molar refractivity (Wildman–Crippen MR) is 267 cm³/mol. The number of nitrogens with one attached hydrogen (secondary N) is 3. The fourth-order valence-electron chi connectivity index (χ4n) is 7.69. The first-order valence-electron chi connectivity index (χ1n) is 24.2. The summed E-state index contributed by atoms with van der Waals surface area (Å²) < 4.78 is 53.3. The fourth-order valence-corrected chi connectivity index (χ4v) is 9.04. The molecule has 13 heteroatoms. The largest absolute Gasteiger partial charge is 0.490 e. The molecular weight excluding hydrogens is 841 g/mol. The molecule has 2 atom stereocenters. The molecule has 11 nitrogen and oxygen atoms in total. The third-order valence-electron chi connectivity index (χ3n) is 11.5. The second-order valence-electron chi connectivity index (χ2n) is 18.3. The summed E-state index contributed by atoms with van der Waals surface area (Å²) in [5.41, 5.74) is 6.38. The Morgan fingerprint density at radius 3 is 1.67 bits per heavy atom. The second-order valence-corrected chi connectivity index (χ2v) is 20.0. The molecule has 0 saturated heterocycles. The highest BCUT2D eigenvalue weighted by atomic mass is 32.2. The van der Waals surface area contributed by atoms with Gasteiger partial charge in [0.2, 0.25) is 0 Å². The average Bonchev–Trinajstić information content (AvgIpc) is 3.86. The van der Waals surface area contributed by atoms with Crippen LogP contribution in [0, 0.1) is 6.92 Å². The number of aromatic amines is 1. The number of fused-ring (bicyclic) bond motifs is 1. The molecule has 2 aromatic heterocycles. The number of nitrogens with zero attached hydrogens (tertiary/aromatic N) is 3. The number of hydrogen-bond donors (Lipinski definition) is 3. The van der Waals surface area contributed by atoms with Crippen LogP contribution in [0.1, 0.15) is 180 Å². The van der Waals surface area contributed by atoms with E-state index in [1.165, 1.54) is 101 Å². The van der Waals surface area contributed by atoms with Crippen LogP contribution in [0.2, 0.25) is 0 Å². The van der Waals surface area contributed by atoms with Crippen molar-refractivity contribution in [3.8, 4) is 28.6 Å². The summed E-state index contributed by atoms with van der Waals surface area (Å²) in [6.07, 6.45) is 23.8. The third kappa shape index (κ3) is 16.9. The molecule has 0 aliphatic rings. The number of rotatable bonds is 31. The van der Waals surface area contributed by atoms with Gasteiger partial charge >= 0.3 is 22.5 Å². The fraction of sp³-hybridized carbons (Fsp3) is 0.569. The van der Waals surface area contributed by atoms with Gasteiger partial charge in [0.05, 0.1) is 18.0 Å². The lowest BCUT2D eigenvalue weighted by atomic mass is 9.93. The van der Waals surface area contributed by atoms with Gasteiger partial charge < -0.3 is 13.1 Å². The smallest absolute Gasteiger partial charge is 0.316 e. The first-order chi connectivity index (χ1) is 30.9. The van der Waals surface area contributed by atoms with Crippen molar-refractivity contribution in [2.45, 2.75) is 182 Å². The molecular formula is C51H76N6O5S2. The lowest BCUT2D eigenvalue weighted by Gasteiger charge is -2.15. The van der Waals surface area contributed by atoms with Crippen LogP contribution in [0.4, 0.5) is 11.4 Å². The number of anilines is 2. The first kappa shape index (κ1) is 50.6. The van der Waals surface area contributed by atoms with Crippen LogP contribution in [-0.4, -0.2) is 34.8 Å². The number of unbranched alkanes of at least 4 members (excludes halogenated alkanes) is 15. The summed E-state index contributed by atoms with van der Waals surface area (Å²) in [5, 5.41) is 8.06. The molecule has 0 aliphatic heterocycles. The van der Waals surface area contributed by atoms with Gasteiger partial charge in [-0.3, -0.25) is 14.5 Å². The molecule has 0 radical (unpaired) electrons. The molecule has 3 aromatic carbocycles. The zero-order valence-corrected chi connectivity index (χ0v) is 41.5. The maximum Gasteiger partial charge on any atom is 0.316 e. The normalized spacial score (nSPS) is 12.7. The van der Waals surface area contributed by atoms with E-state index in [2.05, 4.69) is 68.2 Å². The Morgan fingerprint density at radius 1 is 0.609 bits per heavy atom. The van der Waals surface area contributed by atoms with E-state index in [4.69, 9.17) is 23.2 Å². The Morgan fingerprint density at radius 2 is 1.12 bits per heavy atom. The Bertz CT molecular complexity index is 2180. The standard InChI is InChI=1S/C51H76N6O5S2/c1-8-11-14-17-20-23-26-40-28-30-45(39(4)33-40)61-63(58)55-43-35-42(50-52-49-38-48(51(5,6)7)53-57(49)54-50)36-44(37-43)56-64(59)62-46-31-29-41(27-24-21-18-15-12-9-2)34-47(46)60-32-25-22-19-16-13-10-3/h28-31,33-38,53,55-56H,8-27,32H2,1-7H3. The third-order valence-corrected chi connectivity index (χ3v) is 13.0. The van der Waals surface area contributed by atoms with Gasteiger partial charge in [0.1, 0.15) is 5.75 Å². The number of ether oxygens (including phenoxy) is 1. The summed E-state index contributed by atoms with van der Waals surface area (Å²) in [7, 11) is 0. The van der Waals surface area contributed by atoms with E-state index in [9.17, 15) is 8.42 Å². The minimum atomic E-state index is -2.03. The summed E-state index contributed by atoms with van der Waals surface area (Å²) in [4.78, 5) is 4.80. The van der Waals surface area contributed by atoms with Crippen LogP contribution in [-0.2, 0) is 40.8 Å². The highest BCUT2D eigenvalue weighted by Gasteiger charge is 2.20. The quantitative estimate of drug-likeness (QED) is 0.0377. The molecule has 0 spiro atoms. The van der Waals surface area contributed by atoms with Gasteiger partial charge in [-0.05, 0) is 92.1 Å². The summed E-state index contributed by atoms with van der Waals surface area (Å²) in [6, 6.07) is 19.3. The van der Waals surface area contributed by atoms with E-state index in [1.807, 2.05) is 37.3 Å². The number of aromatic nitrogens is 4. The van der Waals surface area contributed by atoms with E-state index < -0.39 is 22.5 Å². The van der Waals surface area contributed by atoms with E-state index >= 15 is 0 Å². The summed E-state index contributed by atoms with van der Waals surface area (Å²) >= 11 is -3.98. The van der Waals surface area contributed by atoms with E-state index in [0.29, 0.717) is 52.3 Å². The maximum atomic E-state index is 13.8. The van der Waals surface area contributed by atoms with E-state index in [1.54, 1.807) is 22.8 Å². The van der Waals surface area contributed by atoms with Crippen molar-refractivity contribution in [1.82, 2.24) is 19.8 Å². The van der Waals surface area contributed by atoms with Crippen molar-refractivity contribution in [1.29, 1.82) is 0 Å². The van der Waals surface area contributed by atoms with Crippen LogP contribution >= 0.6 is 0 Å². The predicted octanol–water partition coefficient (Wildman–Crippen LogP) is 14.0. The van der Waals surface area contributed by atoms with Crippen LogP contribution < -0.4 is 22.5 Å². The molecule has 0 bridgehead atoms. The molecule has 2 heterocycles. The number of benzene rings is 3. The minimum Gasteiger partial charge on any atom is -0.490 e. The lowest BCUT2D eigenvalue weighted by molar-refractivity contribution is 0.296. The zero-order chi connectivity index (χ0) is 45.7. The Balaban J connectivity index is 1.31.